The summed E-state index contributed by atoms with van der Waals surface area (Å²) in [6.07, 6.45) is -0.511. The molecule has 12 nitrogen and oxygen atoms in total. The number of ether oxygens (including phenoxy) is 2. The van der Waals surface area contributed by atoms with Crippen molar-refractivity contribution in [3.63, 3.8) is 0 Å². The monoisotopic (exact) mass is 620 g/mol. The Morgan fingerprint density at radius 3 is 2.63 bits per heavy atom. The maximum Gasteiger partial charge on any atom is 0.410 e. The van der Waals surface area contributed by atoms with E-state index < -0.39 is 57.8 Å². The van der Waals surface area contributed by atoms with Crippen molar-refractivity contribution in [1.29, 1.82) is 5.26 Å². The predicted molar refractivity (Wildman–Crippen MR) is 150 cm³/mol. The van der Waals surface area contributed by atoms with Crippen molar-refractivity contribution in [2.45, 2.75) is 69.9 Å². The zero-order valence-electron chi connectivity index (χ0n) is 24.2. The quantitative estimate of drug-likeness (QED) is 0.193. The molecular formula is C28H31ClF2N6O6. The van der Waals surface area contributed by atoms with Crippen LogP contribution in [0.5, 0.6) is 0 Å². The molecule has 1 aliphatic heterocycles. The lowest BCUT2D eigenvalue weighted by molar-refractivity contribution is -0.385. The van der Waals surface area contributed by atoms with E-state index in [1.807, 2.05) is 6.07 Å². The first-order valence-electron chi connectivity index (χ1n) is 13.6. The molecule has 1 amide bonds. The lowest BCUT2D eigenvalue weighted by atomic mass is 9.67. The van der Waals surface area contributed by atoms with Crippen LogP contribution in [0, 0.1) is 33.1 Å². The van der Waals surface area contributed by atoms with Crippen molar-refractivity contribution in [2.24, 2.45) is 0 Å². The summed E-state index contributed by atoms with van der Waals surface area (Å²) in [6, 6.07) is 3.11. The van der Waals surface area contributed by atoms with E-state index in [4.69, 9.17) is 21.1 Å². The van der Waals surface area contributed by atoms with Crippen LogP contribution < -0.4 is 4.90 Å². The van der Waals surface area contributed by atoms with E-state index in [-0.39, 0.29) is 66.8 Å². The van der Waals surface area contributed by atoms with Gasteiger partial charge in [-0.2, -0.15) is 10.2 Å². The van der Waals surface area contributed by atoms with Gasteiger partial charge in [-0.15, -0.1) is 0 Å². The highest BCUT2D eigenvalue weighted by atomic mass is 35.5. The number of piperazine rings is 1. The number of carbonyl (C=O) groups is 2. The molecule has 1 unspecified atom stereocenters. The first-order chi connectivity index (χ1) is 20.2. The van der Waals surface area contributed by atoms with Crippen molar-refractivity contribution < 1.29 is 32.8 Å². The molecule has 2 aliphatic rings. The molecule has 0 radical (unpaired) electrons. The number of halogens is 3. The van der Waals surface area contributed by atoms with E-state index >= 15 is 0 Å². The number of hydrogen-bond donors (Lipinski definition) is 0. The second kappa shape index (κ2) is 12.2. The molecule has 1 saturated heterocycles. The molecule has 0 saturated carbocycles. The minimum Gasteiger partial charge on any atom is -0.468 e. The van der Waals surface area contributed by atoms with Crippen LogP contribution in [0.4, 0.5) is 25.1 Å². The van der Waals surface area contributed by atoms with Gasteiger partial charge in [0.2, 0.25) is 11.1 Å². The third kappa shape index (κ3) is 6.46. The van der Waals surface area contributed by atoms with Crippen molar-refractivity contribution in [2.75, 3.05) is 31.6 Å². The molecule has 2 heterocycles. The van der Waals surface area contributed by atoms with Crippen molar-refractivity contribution in [1.82, 2.24) is 14.9 Å². The van der Waals surface area contributed by atoms with E-state index in [0.29, 0.717) is 6.42 Å². The van der Waals surface area contributed by atoms with Gasteiger partial charge in [0.15, 0.2) is 0 Å². The minimum atomic E-state index is -1.69. The molecule has 1 fully saturated rings. The molecule has 0 spiro atoms. The van der Waals surface area contributed by atoms with Gasteiger partial charge in [-0.25, -0.2) is 18.6 Å². The Balaban J connectivity index is 1.79. The Morgan fingerprint density at radius 2 is 2.00 bits per heavy atom. The number of fused-ring (bicyclic) bond motifs is 1. The van der Waals surface area contributed by atoms with Gasteiger partial charge in [0.25, 0.3) is 0 Å². The fourth-order valence-electron chi connectivity index (χ4n) is 5.81. The summed E-state index contributed by atoms with van der Waals surface area (Å²) in [5.74, 6) is -2.74. The number of anilines is 1. The van der Waals surface area contributed by atoms with Crippen molar-refractivity contribution in [3.05, 3.63) is 56.0 Å². The molecular weight excluding hydrogens is 590 g/mol. The Kier molecular flexibility index (Phi) is 9.05. The number of nitro groups is 1. The third-order valence-electron chi connectivity index (χ3n) is 7.58. The number of rotatable bonds is 6. The summed E-state index contributed by atoms with van der Waals surface area (Å²) >= 11 is 6.28. The minimum absolute atomic E-state index is 0.0121. The largest absolute Gasteiger partial charge is 0.468 e. The summed E-state index contributed by atoms with van der Waals surface area (Å²) in [7, 11) is 1.13. The Bertz CT molecular complexity index is 1500. The number of aromatic nitrogens is 2. The van der Waals surface area contributed by atoms with Crippen molar-refractivity contribution in [3.8, 4) is 6.07 Å². The van der Waals surface area contributed by atoms with Gasteiger partial charge in [-0.05, 0) is 68.8 Å². The van der Waals surface area contributed by atoms with Crippen LogP contribution in [0.3, 0.4) is 0 Å². The predicted octanol–water partition coefficient (Wildman–Crippen LogP) is 4.65. The number of hydrogen-bond acceptors (Lipinski definition) is 10. The molecule has 0 N–H and O–H groups in total. The van der Waals surface area contributed by atoms with Gasteiger partial charge in [0.1, 0.15) is 22.9 Å². The van der Waals surface area contributed by atoms with E-state index in [1.165, 1.54) is 9.80 Å². The fourth-order valence-corrected chi connectivity index (χ4v) is 6.00. The van der Waals surface area contributed by atoms with Crippen LogP contribution in [0.25, 0.3) is 0 Å². The maximum atomic E-state index is 14.8. The lowest BCUT2D eigenvalue weighted by Crippen LogP contribution is -2.56. The Hall–Kier alpha value is -4.12. The smallest absolute Gasteiger partial charge is 0.410 e. The average molecular weight is 621 g/mol. The number of benzene rings is 1. The summed E-state index contributed by atoms with van der Waals surface area (Å²) in [5, 5.41) is 21.6. The van der Waals surface area contributed by atoms with Crippen molar-refractivity contribution >= 4 is 35.2 Å². The zero-order chi connectivity index (χ0) is 31.7. The molecule has 2 atom stereocenters. The molecule has 230 valence electrons. The highest BCUT2D eigenvalue weighted by Gasteiger charge is 2.48. The Morgan fingerprint density at radius 1 is 1.28 bits per heavy atom. The molecule has 2 aromatic rings. The summed E-state index contributed by atoms with van der Waals surface area (Å²) in [4.78, 5) is 49.2. The molecule has 1 aliphatic carbocycles. The average Bonchev–Trinajstić information content (AvgIpc) is 2.91. The zero-order valence-corrected chi connectivity index (χ0v) is 24.9. The highest BCUT2D eigenvalue weighted by Crippen LogP contribution is 2.44. The normalized spacial score (nSPS) is 20.2. The highest BCUT2D eigenvalue weighted by molar-refractivity contribution is 6.28. The van der Waals surface area contributed by atoms with Crippen LogP contribution >= 0.6 is 11.6 Å². The van der Waals surface area contributed by atoms with E-state index in [2.05, 4.69) is 9.97 Å². The van der Waals surface area contributed by atoms with Crippen LogP contribution in [0.2, 0.25) is 5.28 Å². The lowest BCUT2D eigenvalue weighted by Gasteiger charge is -2.41. The van der Waals surface area contributed by atoms with Crippen LogP contribution in [0.15, 0.2) is 12.1 Å². The second-order valence-electron chi connectivity index (χ2n) is 11.5. The molecule has 15 heteroatoms. The third-order valence-corrected chi connectivity index (χ3v) is 7.75. The first-order valence-corrected chi connectivity index (χ1v) is 14.0. The SMILES string of the molecule is COC(=O)C1(Cc2nc(Cl)nc(N3CCN(C(=O)OC(C)(C)C)[C@@H](CC#N)C3)c2[N+](=O)[O-])CCCc2c(F)cc(F)cc21. The van der Waals surface area contributed by atoms with E-state index in [0.717, 1.165) is 19.2 Å². The molecule has 43 heavy (non-hydrogen) atoms. The van der Waals surface area contributed by atoms with Gasteiger partial charge < -0.3 is 19.3 Å². The number of nitriles is 1. The number of amides is 1. The van der Waals surface area contributed by atoms with E-state index in [9.17, 15) is 33.7 Å². The van der Waals surface area contributed by atoms with Gasteiger partial charge in [-0.3, -0.25) is 14.9 Å². The second-order valence-corrected chi connectivity index (χ2v) is 11.9. The number of carbonyl (C=O) groups excluding carboxylic acids is 2. The standard InChI is InChI=1S/C28H31ClF2N6O6/c1-27(2,3)43-26(39)36-11-10-35(15-17(36)7-9-32)23-22(37(40)41)21(33-25(29)34-23)14-28(24(38)42-4)8-5-6-18-19(28)12-16(30)13-20(18)31/h12-13,17H,5-8,10-11,14-15H2,1-4H3/t17-,28?/m0/s1. The summed E-state index contributed by atoms with van der Waals surface area (Å²) in [6.45, 7) is 5.26. The van der Waals surface area contributed by atoms with Gasteiger partial charge in [0.05, 0.1) is 36.0 Å². The fraction of sp³-hybridized carbons (Fsp3) is 0.536. The molecule has 4 rings (SSSR count). The summed E-state index contributed by atoms with van der Waals surface area (Å²) < 4.78 is 39.8. The number of esters is 1. The van der Waals surface area contributed by atoms with Crippen LogP contribution in [-0.4, -0.2) is 70.2 Å². The van der Waals surface area contributed by atoms with Gasteiger partial charge in [-0.1, -0.05) is 0 Å². The number of methoxy groups -OCH3 is 1. The molecule has 1 aromatic carbocycles. The Labute approximate surface area is 251 Å². The first kappa shape index (κ1) is 31.8. The number of nitrogens with zero attached hydrogens (tertiary/aromatic N) is 6. The maximum absolute atomic E-state index is 14.8. The summed E-state index contributed by atoms with van der Waals surface area (Å²) in [5.41, 5.74) is -3.10. The van der Waals surface area contributed by atoms with Gasteiger partial charge >= 0.3 is 17.7 Å². The molecule has 1 aromatic heterocycles. The van der Waals surface area contributed by atoms with E-state index in [1.54, 1.807) is 20.8 Å². The van der Waals surface area contributed by atoms with Gasteiger partial charge in [0, 0.05) is 32.1 Å². The van der Waals surface area contributed by atoms with Crippen LogP contribution in [0.1, 0.15) is 56.9 Å². The topological polar surface area (TPSA) is 152 Å². The van der Waals surface area contributed by atoms with Crippen LogP contribution in [-0.2, 0) is 32.5 Å². The molecule has 0 bridgehead atoms.